The molecule has 3 heterocycles. The minimum atomic E-state index is -0.228. The molecule has 7 nitrogen and oxygen atoms in total. The molecule has 1 aliphatic heterocycles. The molecule has 0 aromatic carbocycles. The maximum atomic E-state index is 12.1. The molecule has 0 radical (unpaired) electrons. The van der Waals surface area contributed by atoms with Gasteiger partial charge in [-0.1, -0.05) is 6.07 Å². The number of nitrogens with one attached hydrogen (secondary N) is 1. The Bertz CT molecular complexity index is 654. The summed E-state index contributed by atoms with van der Waals surface area (Å²) in [6.07, 6.45) is 3.36. The Morgan fingerprint density at radius 2 is 2.05 bits per heavy atom. The summed E-state index contributed by atoms with van der Waals surface area (Å²) in [5, 5.41) is 7.19. The van der Waals surface area contributed by atoms with Crippen LogP contribution < -0.4 is 10.2 Å². The summed E-state index contributed by atoms with van der Waals surface area (Å²) in [6, 6.07) is 5.91. The normalized spacial score (nSPS) is 15.5. The third kappa shape index (κ3) is 2.93. The van der Waals surface area contributed by atoms with Crippen LogP contribution in [0.1, 0.15) is 31.4 Å². The smallest absolute Gasteiger partial charge is 0.291 e. The summed E-state index contributed by atoms with van der Waals surface area (Å²) < 4.78 is 1.70. The van der Waals surface area contributed by atoms with Gasteiger partial charge in [0.25, 0.3) is 5.91 Å². The molecule has 0 aliphatic carbocycles. The number of hydrogen-bond acceptors (Lipinski definition) is 5. The van der Waals surface area contributed by atoms with E-state index >= 15 is 0 Å². The lowest BCUT2D eigenvalue weighted by Gasteiger charge is -2.40. The first-order valence-corrected chi connectivity index (χ1v) is 7.32. The standard InChI is InChI=1S/C15H20N6O/c1-15(2,3)21-10-17-13(19-21)14(22)18-11-8-20(9-11)12-6-4-5-7-16-12/h4-7,10-11H,8-9H2,1-3H3,(H,18,22). The van der Waals surface area contributed by atoms with E-state index in [4.69, 9.17) is 0 Å². The molecular weight excluding hydrogens is 280 g/mol. The number of hydrogen-bond donors (Lipinski definition) is 1. The first-order valence-electron chi connectivity index (χ1n) is 7.32. The van der Waals surface area contributed by atoms with Gasteiger partial charge < -0.3 is 10.2 Å². The fourth-order valence-corrected chi connectivity index (χ4v) is 2.24. The summed E-state index contributed by atoms with van der Waals surface area (Å²) in [6.45, 7) is 7.55. The molecule has 116 valence electrons. The van der Waals surface area contributed by atoms with Crippen molar-refractivity contribution in [3.05, 3.63) is 36.5 Å². The zero-order chi connectivity index (χ0) is 15.7. The van der Waals surface area contributed by atoms with E-state index in [1.165, 1.54) is 0 Å². The number of amides is 1. The van der Waals surface area contributed by atoms with Crippen LogP contribution in [0, 0.1) is 0 Å². The molecule has 0 bridgehead atoms. The van der Waals surface area contributed by atoms with Gasteiger partial charge in [0.2, 0.25) is 5.82 Å². The highest BCUT2D eigenvalue weighted by Gasteiger charge is 2.30. The van der Waals surface area contributed by atoms with Crippen LogP contribution in [0.2, 0.25) is 0 Å². The highest BCUT2D eigenvalue weighted by Crippen LogP contribution is 2.17. The van der Waals surface area contributed by atoms with E-state index in [2.05, 4.69) is 25.3 Å². The van der Waals surface area contributed by atoms with Crippen molar-refractivity contribution in [2.24, 2.45) is 0 Å². The van der Waals surface area contributed by atoms with Gasteiger partial charge in [0.15, 0.2) is 0 Å². The van der Waals surface area contributed by atoms with Gasteiger partial charge in [-0.15, -0.1) is 5.10 Å². The number of carbonyl (C=O) groups is 1. The Morgan fingerprint density at radius 1 is 1.27 bits per heavy atom. The molecule has 3 rings (SSSR count). The number of carbonyl (C=O) groups excluding carboxylic acids is 1. The Hall–Kier alpha value is -2.44. The minimum absolute atomic E-state index is 0.107. The van der Waals surface area contributed by atoms with Crippen molar-refractivity contribution in [2.75, 3.05) is 18.0 Å². The van der Waals surface area contributed by atoms with Crippen molar-refractivity contribution in [3.8, 4) is 0 Å². The number of nitrogens with zero attached hydrogens (tertiary/aromatic N) is 5. The first kappa shape index (κ1) is 14.5. The molecule has 1 fully saturated rings. The largest absolute Gasteiger partial charge is 0.352 e. The minimum Gasteiger partial charge on any atom is -0.352 e. The van der Waals surface area contributed by atoms with Crippen LogP contribution in [-0.4, -0.2) is 44.8 Å². The number of rotatable bonds is 3. The molecule has 7 heteroatoms. The molecule has 1 saturated heterocycles. The van der Waals surface area contributed by atoms with E-state index in [1.54, 1.807) is 17.2 Å². The van der Waals surface area contributed by atoms with Crippen molar-refractivity contribution in [2.45, 2.75) is 32.4 Å². The average Bonchev–Trinajstić information content (AvgIpc) is 2.93. The molecular formula is C15H20N6O. The van der Waals surface area contributed by atoms with Crippen molar-refractivity contribution < 1.29 is 4.79 Å². The van der Waals surface area contributed by atoms with Crippen LogP contribution in [-0.2, 0) is 5.54 Å². The lowest BCUT2D eigenvalue weighted by atomic mass is 10.1. The van der Waals surface area contributed by atoms with E-state index in [-0.39, 0.29) is 23.3 Å². The van der Waals surface area contributed by atoms with Gasteiger partial charge in [0.1, 0.15) is 12.1 Å². The molecule has 1 aliphatic rings. The van der Waals surface area contributed by atoms with Gasteiger partial charge in [-0.05, 0) is 32.9 Å². The summed E-state index contributed by atoms with van der Waals surface area (Å²) in [4.78, 5) is 22.6. The first-order chi connectivity index (χ1) is 10.4. The summed E-state index contributed by atoms with van der Waals surface area (Å²) >= 11 is 0. The fourth-order valence-electron chi connectivity index (χ4n) is 2.24. The Kier molecular flexibility index (Phi) is 3.56. The summed E-state index contributed by atoms with van der Waals surface area (Å²) in [7, 11) is 0. The summed E-state index contributed by atoms with van der Waals surface area (Å²) in [5.74, 6) is 0.919. The van der Waals surface area contributed by atoms with Gasteiger partial charge in [-0.2, -0.15) is 0 Å². The number of aromatic nitrogens is 4. The van der Waals surface area contributed by atoms with Crippen LogP contribution in [0.3, 0.4) is 0 Å². The van der Waals surface area contributed by atoms with Crippen molar-refractivity contribution in [1.82, 2.24) is 25.1 Å². The lowest BCUT2D eigenvalue weighted by molar-refractivity contribution is 0.0918. The van der Waals surface area contributed by atoms with Crippen LogP contribution in [0.15, 0.2) is 30.7 Å². The van der Waals surface area contributed by atoms with Gasteiger partial charge in [0.05, 0.1) is 11.6 Å². The average molecular weight is 300 g/mol. The van der Waals surface area contributed by atoms with E-state index in [0.29, 0.717) is 0 Å². The maximum Gasteiger partial charge on any atom is 0.291 e. The monoisotopic (exact) mass is 300 g/mol. The van der Waals surface area contributed by atoms with Crippen molar-refractivity contribution in [1.29, 1.82) is 0 Å². The Morgan fingerprint density at radius 3 is 2.64 bits per heavy atom. The molecule has 0 saturated carbocycles. The molecule has 0 atom stereocenters. The van der Waals surface area contributed by atoms with Crippen molar-refractivity contribution >= 4 is 11.7 Å². The molecule has 1 N–H and O–H groups in total. The Balaban J connectivity index is 1.55. The highest BCUT2D eigenvalue weighted by molar-refractivity contribution is 5.90. The topological polar surface area (TPSA) is 75.9 Å². The Labute approximate surface area is 129 Å². The molecule has 1 amide bonds. The third-order valence-corrected chi connectivity index (χ3v) is 3.57. The van der Waals surface area contributed by atoms with Crippen LogP contribution >= 0.6 is 0 Å². The van der Waals surface area contributed by atoms with Gasteiger partial charge in [-0.25, -0.2) is 14.6 Å². The molecule has 22 heavy (non-hydrogen) atoms. The molecule has 0 unspecified atom stereocenters. The van der Waals surface area contributed by atoms with Gasteiger partial charge in [-0.3, -0.25) is 4.79 Å². The zero-order valence-electron chi connectivity index (χ0n) is 13.0. The van der Waals surface area contributed by atoms with Gasteiger partial charge in [0, 0.05) is 19.3 Å². The van der Waals surface area contributed by atoms with E-state index in [0.717, 1.165) is 18.9 Å². The SMILES string of the molecule is CC(C)(C)n1cnc(C(=O)NC2CN(c3ccccn3)C2)n1. The van der Waals surface area contributed by atoms with E-state index < -0.39 is 0 Å². The second-order valence-corrected chi connectivity index (χ2v) is 6.45. The van der Waals surface area contributed by atoms with Gasteiger partial charge >= 0.3 is 0 Å². The highest BCUT2D eigenvalue weighted by atomic mass is 16.2. The lowest BCUT2D eigenvalue weighted by Crippen LogP contribution is -2.59. The predicted molar refractivity (Wildman–Crippen MR) is 82.7 cm³/mol. The van der Waals surface area contributed by atoms with Crippen LogP contribution in [0.4, 0.5) is 5.82 Å². The zero-order valence-corrected chi connectivity index (χ0v) is 13.0. The van der Waals surface area contributed by atoms with E-state index in [9.17, 15) is 4.79 Å². The van der Waals surface area contributed by atoms with Crippen molar-refractivity contribution in [3.63, 3.8) is 0 Å². The second-order valence-electron chi connectivity index (χ2n) is 6.45. The van der Waals surface area contributed by atoms with Crippen LogP contribution in [0.25, 0.3) is 0 Å². The predicted octanol–water partition coefficient (Wildman–Crippen LogP) is 1.05. The molecule has 0 spiro atoms. The second kappa shape index (κ2) is 5.40. The number of pyridine rings is 1. The quantitative estimate of drug-likeness (QED) is 0.917. The van der Waals surface area contributed by atoms with Crippen LogP contribution in [0.5, 0.6) is 0 Å². The molecule has 2 aromatic heterocycles. The summed E-state index contributed by atoms with van der Waals surface area (Å²) in [5.41, 5.74) is -0.183. The maximum absolute atomic E-state index is 12.1. The third-order valence-electron chi connectivity index (χ3n) is 3.57. The number of anilines is 1. The fraction of sp³-hybridized carbons (Fsp3) is 0.467. The molecule has 2 aromatic rings. The van der Waals surface area contributed by atoms with E-state index in [1.807, 2.05) is 39.0 Å².